The van der Waals surface area contributed by atoms with Crippen LogP contribution in [0.1, 0.15) is 31.4 Å². The molecule has 37 heavy (non-hydrogen) atoms. The lowest BCUT2D eigenvalue weighted by Gasteiger charge is -2.33. The molecule has 3 aromatic carbocycles. The first kappa shape index (κ1) is 27.9. The molecular formula is C28H32FN3O4S. The van der Waals surface area contributed by atoms with Gasteiger partial charge in [0.25, 0.3) is 10.0 Å². The summed E-state index contributed by atoms with van der Waals surface area (Å²) in [6, 6.07) is 19.6. The Kier molecular flexibility index (Phi) is 9.41. The Balaban J connectivity index is 2.05. The molecule has 0 bridgehead atoms. The van der Waals surface area contributed by atoms with E-state index in [1.54, 1.807) is 32.0 Å². The number of carbonyl (C=O) groups is 2. The lowest BCUT2D eigenvalue weighted by Crippen LogP contribution is -2.52. The highest BCUT2D eigenvalue weighted by Gasteiger charge is 2.34. The van der Waals surface area contributed by atoms with E-state index in [0.29, 0.717) is 13.0 Å². The number of nitrogens with one attached hydrogen (secondary N) is 1. The number of aryl methyl sites for hydroxylation is 1. The topological polar surface area (TPSA) is 86.8 Å². The van der Waals surface area contributed by atoms with E-state index >= 15 is 0 Å². The van der Waals surface area contributed by atoms with Gasteiger partial charge in [0.1, 0.15) is 18.4 Å². The largest absolute Gasteiger partial charge is 0.355 e. The summed E-state index contributed by atoms with van der Waals surface area (Å²) in [5, 5.41) is 2.75. The maximum Gasteiger partial charge on any atom is 0.264 e. The van der Waals surface area contributed by atoms with Gasteiger partial charge in [-0.2, -0.15) is 0 Å². The minimum Gasteiger partial charge on any atom is -0.355 e. The molecule has 196 valence electrons. The Morgan fingerprint density at radius 3 is 2.14 bits per heavy atom. The van der Waals surface area contributed by atoms with E-state index in [1.165, 1.54) is 35.2 Å². The van der Waals surface area contributed by atoms with Gasteiger partial charge in [-0.3, -0.25) is 13.9 Å². The minimum atomic E-state index is -4.30. The van der Waals surface area contributed by atoms with E-state index in [1.807, 2.05) is 31.2 Å². The molecule has 0 aliphatic carbocycles. The van der Waals surface area contributed by atoms with Gasteiger partial charge in [0.15, 0.2) is 0 Å². The third kappa shape index (κ3) is 6.74. The summed E-state index contributed by atoms with van der Waals surface area (Å²) in [6.45, 7) is 5.29. The van der Waals surface area contributed by atoms with E-state index in [9.17, 15) is 22.4 Å². The van der Waals surface area contributed by atoms with Crippen LogP contribution in [0, 0.1) is 12.7 Å². The zero-order valence-electron chi connectivity index (χ0n) is 21.2. The normalized spacial score (nSPS) is 12.0. The molecule has 2 amide bonds. The molecule has 3 aromatic rings. The molecule has 0 radical (unpaired) electrons. The van der Waals surface area contributed by atoms with Crippen LogP contribution in [-0.2, 0) is 26.2 Å². The van der Waals surface area contributed by atoms with Crippen LogP contribution in [0.25, 0.3) is 0 Å². The molecule has 0 saturated heterocycles. The molecule has 7 nitrogen and oxygen atoms in total. The summed E-state index contributed by atoms with van der Waals surface area (Å²) in [7, 11) is -4.30. The molecule has 0 fully saturated rings. The number of hydrogen-bond donors (Lipinski definition) is 1. The van der Waals surface area contributed by atoms with Crippen molar-refractivity contribution in [3.63, 3.8) is 0 Å². The molecule has 0 spiro atoms. The van der Waals surface area contributed by atoms with Crippen molar-refractivity contribution in [1.29, 1.82) is 0 Å². The van der Waals surface area contributed by atoms with Crippen LogP contribution in [0.3, 0.4) is 0 Å². The number of hydrogen-bond acceptors (Lipinski definition) is 4. The first-order valence-corrected chi connectivity index (χ1v) is 13.6. The van der Waals surface area contributed by atoms with Gasteiger partial charge in [-0.05, 0) is 50.1 Å². The van der Waals surface area contributed by atoms with Crippen molar-refractivity contribution >= 4 is 27.5 Å². The lowest BCUT2D eigenvalue weighted by molar-refractivity contribution is -0.140. The lowest BCUT2D eigenvalue weighted by atomic mass is 10.1. The van der Waals surface area contributed by atoms with Crippen molar-refractivity contribution in [1.82, 2.24) is 10.2 Å². The molecule has 9 heteroatoms. The fourth-order valence-electron chi connectivity index (χ4n) is 3.99. The molecule has 0 saturated carbocycles. The number of benzene rings is 3. The summed E-state index contributed by atoms with van der Waals surface area (Å²) in [6.07, 6.45) is 0.314. The maximum atomic E-state index is 14.9. The van der Waals surface area contributed by atoms with E-state index in [4.69, 9.17) is 0 Å². The van der Waals surface area contributed by atoms with E-state index in [0.717, 1.165) is 21.5 Å². The zero-order chi connectivity index (χ0) is 27.0. The third-order valence-corrected chi connectivity index (χ3v) is 7.72. The van der Waals surface area contributed by atoms with E-state index in [-0.39, 0.29) is 23.0 Å². The van der Waals surface area contributed by atoms with Crippen LogP contribution in [0.15, 0.2) is 83.8 Å². The minimum absolute atomic E-state index is 0.0769. The SMILES string of the molecule is CCNC(=O)[C@@H](CC)N(Cc1ccc(C)cc1)C(=O)CN(c1ccccc1F)S(=O)(=O)c1ccccc1. The molecule has 1 N–H and O–H groups in total. The fraction of sp³-hybridized carbons (Fsp3) is 0.286. The molecule has 0 aliphatic heterocycles. The van der Waals surface area contributed by atoms with Gasteiger partial charge in [0.2, 0.25) is 11.8 Å². The van der Waals surface area contributed by atoms with Crippen molar-refractivity contribution in [3.05, 3.63) is 95.8 Å². The van der Waals surface area contributed by atoms with Gasteiger partial charge in [0.05, 0.1) is 10.6 Å². The summed E-state index contributed by atoms with van der Waals surface area (Å²) in [5.74, 6) is -1.74. The predicted molar refractivity (Wildman–Crippen MR) is 142 cm³/mol. The van der Waals surface area contributed by atoms with Gasteiger partial charge in [-0.25, -0.2) is 12.8 Å². The van der Waals surface area contributed by atoms with Crippen molar-refractivity contribution < 1.29 is 22.4 Å². The number of sulfonamides is 1. The number of likely N-dealkylation sites (N-methyl/N-ethyl adjacent to an activating group) is 1. The molecule has 1 atom stereocenters. The van der Waals surface area contributed by atoms with Crippen LogP contribution >= 0.6 is 0 Å². The van der Waals surface area contributed by atoms with Crippen molar-refractivity contribution in [2.75, 3.05) is 17.4 Å². The van der Waals surface area contributed by atoms with Crippen molar-refractivity contribution in [3.8, 4) is 0 Å². The second-order valence-electron chi connectivity index (χ2n) is 8.60. The van der Waals surface area contributed by atoms with Gasteiger partial charge in [-0.1, -0.05) is 67.1 Å². The summed E-state index contributed by atoms with van der Waals surface area (Å²) in [5.41, 5.74) is 1.57. The molecule has 0 heterocycles. The fourth-order valence-corrected chi connectivity index (χ4v) is 5.43. The Bertz CT molecular complexity index is 1310. The summed E-state index contributed by atoms with van der Waals surface area (Å²) >= 11 is 0. The number of carbonyl (C=O) groups excluding carboxylic acids is 2. The number of rotatable bonds is 11. The average molecular weight is 526 g/mol. The number of para-hydroxylation sites is 1. The molecule has 0 aromatic heterocycles. The maximum absolute atomic E-state index is 14.9. The number of anilines is 1. The monoisotopic (exact) mass is 525 g/mol. The smallest absolute Gasteiger partial charge is 0.264 e. The predicted octanol–water partition coefficient (Wildman–Crippen LogP) is 4.27. The Hall–Kier alpha value is -3.72. The van der Waals surface area contributed by atoms with Crippen LogP contribution in [0.5, 0.6) is 0 Å². The second-order valence-corrected chi connectivity index (χ2v) is 10.5. The molecule has 0 aliphatic rings. The quantitative estimate of drug-likeness (QED) is 0.405. The second kappa shape index (κ2) is 12.5. The van der Waals surface area contributed by atoms with Gasteiger partial charge >= 0.3 is 0 Å². The van der Waals surface area contributed by atoms with Crippen LogP contribution in [-0.4, -0.2) is 44.3 Å². The summed E-state index contributed by atoms with van der Waals surface area (Å²) < 4.78 is 42.9. The summed E-state index contributed by atoms with van der Waals surface area (Å²) in [4.78, 5) is 28.0. The number of nitrogens with zero attached hydrogens (tertiary/aromatic N) is 2. The van der Waals surface area contributed by atoms with Crippen LogP contribution in [0.4, 0.5) is 10.1 Å². The highest BCUT2D eigenvalue weighted by molar-refractivity contribution is 7.92. The Labute approximate surface area is 218 Å². The number of halogens is 1. The van der Waals surface area contributed by atoms with Crippen molar-refractivity contribution in [2.45, 2.75) is 44.7 Å². The standard InChI is InChI=1S/C28H32FN3O4S/c1-4-25(28(34)30-5-2)31(19-22-17-15-21(3)16-18-22)27(33)20-32(26-14-10-9-13-24(26)29)37(35,36)23-11-7-6-8-12-23/h6-18,25H,4-5,19-20H2,1-3H3,(H,30,34)/t25-/m1/s1. The van der Waals surface area contributed by atoms with Crippen LogP contribution in [0.2, 0.25) is 0 Å². The molecule has 0 unspecified atom stereocenters. The average Bonchev–Trinajstić information content (AvgIpc) is 2.89. The molecular weight excluding hydrogens is 493 g/mol. The number of amides is 2. The zero-order valence-corrected chi connectivity index (χ0v) is 22.0. The van der Waals surface area contributed by atoms with Gasteiger partial charge in [-0.15, -0.1) is 0 Å². The first-order valence-electron chi connectivity index (χ1n) is 12.1. The Morgan fingerprint density at radius 2 is 1.54 bits per heavy atom. The van der Waals surface area contributed by atoms with Gasteiger partial charge in [0, 0.05) is 13.1 Å². The Morgan fingerprint density at radius 1 is 0.919 bits per heavy atom. The van der Waals surface area contributed by atoms with Crippen molar-refractivity contribution in [2.24, 2.45) is 0 Å². The van der Waals surface area contributed by atoms with E-state index < -0.39 is 34.3 Å². The first-order chi connectivity index (χ1) is 17.7. The van der Waals surface area contributed by atoms with Crippen LogP contribution < -0.4 is 9.62 Å². The van der Waals surface area contributed by atoms with Gasteiger partial charge < -0.3 is 10.2 Å². The van der Waals surface area contributed by atoms with E-state index in [2.05, 4.69) is 5.32 Å². The molecule has 3 rings (SSSR count). The highest BCUT2D eigenvalue weighted by Crippen LogP contribution is 2.27. The third-order valence-electron chi connectivity index (χ3n) is 5.94. The highest BCUT2D eigenvalue weighted by atomic mass is 32.2.